The first kappa shape index (κ1) is 10.4. The van der Waals surface area contributed by atoms with Gasteiger partial charge in [0.15, 0.2) is 0 Å². The van der Waals surface area contributed by atoms with Gasteiger partial charge in [0.25, 0.3) is 5.56 Å². The Labute approximate surface area is 81.3 Å². The average molecular weight is 193 g/mol. The Bertz CT molecular complexity index is 417. The van der Waals surface area contributed by atoms with Crippen LogP contribution in [0.5, 0.6) is 0 Å². The molecule has 1 aromatic rings. The zero-order valence-electron chi connectivity index (χ0n) is 7.86. The van der Waals surface area contributed by atoms with Crippen LogP contribution in [0.1, 0.15) is 11.3 Å². The number of rotatable bonds is 3. The van der Waals surface area contributed by atoms with E-state index in [0.717, 1.165) is 5.69 Å². The lowest BCUT2D eigenvalue weighted by Crippen LogP contribution is -2.26. The zero-order chi connectivity index (χ0) is 10.6. The largest absolute Gasteiger partial charge is 0.309 e. The molecule has 0 aliphatic heterocycles. The summed E-state index contributed by atoms with van der Waals surface area (Å²) in [5.74, 6) is 4.87. The molecule has 0 bridgehead atoms. The first-order valence-corrected chi connectivity index (χ1v) is 4.13. The molecule has 5 heteroatoms. The molecule has 1 aromatic heterocycles. The predicted molar refractivity (Wildman–Crippen MR) is 50.3 cm³/mol. The van der Waals surface area contributed by atoms with Gasteiger partial charge < -0.3 is 9.40 Å². The molecular weight excluding hydrogens is 182 g/mol. The summed E-state index contributed by atoms with van der Waals surface area (Å²) in [5, 5.41) is 8.64. The maximum Gasteiger partial charge on any atom is 0.268 e. The summed E-state index contributed by atoms with van der Waals surface area (Å²) in [6.07, 6.45) is 0. The van der Waals surface area contributed by atoms with Crippen LogP contribution in [-0.4, -0.2) is 11.2 Å². The molecule has 0 unspecified atom stereocenters. The van der Waals surface area contributed by atoms with Crippen LogP contribution in [0.3, 0.4) is 0 Å². The summed E-state index contributed by atoms with van der Waals surface area (Å²) in [4.78, 5) is 16.0. The molecule has 1 heterocycles. The fraction of sp³-hybridized carbons (Fsp3) is 0.333. The predicted octanol–water partition coefficient (Wildman–Crippen LogP) is -0.0813. The molecule has 5 nitrogen and oxygen atoms in total. The van der Waals surface area contributed by atoms with E-state index in [9.17, 15) is 4.79 Å². The van der Waals surface area contributed by atoms with Crippen molar-refractivity contribution in [2.24, 2.45) is 5.90 Å². The Hall–Kier alpha value is -1.64. The van der Waals surface area contributed by atoms with Gasteiger partial charge >= 0.3 is 0 Å². The Morgan fingerprint density at radius 3 is 2.93 bits per heavy atom. The number of nitriles is 1. The maximum atomic E-state index is 11.6. The molecule has 0 fully saturated rings. The number of nitrogens with zero attached hydrogens (tertiary/aromatic N) is 2. The maximum absolute atomic E-state index is 11.6. The third-order valence-electron chi connectivity index (χ3n) is 1.95. The van der Waals surface area contributed by atoms with E-state index in [1.54, 1.807) is 13.0 Å². The summed E-state index contributed by atoms with van der Waals surface area (Å²) < 4.78 is 1.46. The van der Waals surface area contributed by atoms with Crippen LogP contribution in [0, 0.1) is 18.3 Å². The average Bonchev–Trinajstić information content (AvgIpc) is 2.18. The Morgan fingerprint density at radius 1 is 1.64 bits per heavy atom. The van der Waals surface area contributed by atoms with Gasteiger partial charge in [-0.1, -0.05) is 0 Å². The van der Waals surface area contributed by atoms with Crippen molar-refractivity contribution in [3.8, 4) is 6.07 Å². The molecule has 1 rings (SSSR count). The fourth-order valence-electron chi connectivity index (χ4n) is 1.18. The molecule has 2 N–H and O–H groups in total. The van der Waals surface area contributed by atoms with Gasteiger partial charge in [-0.05, 0) is 19.1 Å². The first-order valence-electron chi connectivity index (χ1n) is 4.13. The van der Waals surface area contributed by atoms with Crippen LogP contribution in [0.2, 0.25) is 0 Å². The molecule has 0 spiro atoms. The summed E-state index contributed by atoms with van der Waals surface area (Å²) in [7, 11) is 0. The molecular formula is C9H11N3O2. The number of aromatic nitrogens is 1. The van der Waals surface area contributed by atoms with Gasteiger partial charge in [0, 0.05) is 5.69 Å². The van der Waals surface area contributed by atoms with Crippen LogP contribution in [-0.2, 0) is 11.4 Å². The second-order valence-electron chi connectivity index (χ2n) is 2.83. The van der Waals surface area contributed by atoms with Crippen LogP contribution < -0.4 is 11.5 Å². The molecule has 0 aliphatic carbocycles. The van der Waals surface area contributed by atoms with Crippen molar-refractivity contribution >= 4 is 0 Å². The third-order valence-corrected chi connectivity index (χ3v) is 1.95. The number of pyridine rings is 1. The molecule has 0 radical (unpaired) electrons. The number of hydrogen-bond donors (Lipinski definition) is 1. The summed E-state index contributed by atoms with van der Waals surface area (Å²) in [6, 6.07) is 5.06. The van der Waals surface area contributed by atoms with Gasteiger partial charge in [0.1, 0.15) is 11.6 Å². The highest BCUT2D eigenvalue weighted by molar-refractivity contribution is 5.27. The van der Waals surface area contributed by atoms with Gasteiger partial charge in [0.2, 0.25) is 0 Å². The summed E-state index contributed by atoms with van der Waals surface area (Å²) >= 11 is 0. The second kappa shape index (κ2) is 4.56. The molecule has 0 aromatic carbocycles. The van der Waals surface area contributed by atoms with Crippen molar-refractivity contribution < 1.29 is 4.84 Å². The second-order valence-corrected chi connectivity index (χ2v) is 2.83. The van der Waals surface area contributed by atoms with Crippen molar-refractivity contribution in [1.29, 1.82) is 5.26 Å². The monoisotopic (exact) mass is 193 g/mol. The smallest absolute Gasteiger partial charge is 0.268 e. The third kappa shape index (κ3) is 1.99. The summed E-state index contributed by atoms with van der Waals surface area (Å²) in [5.41, 5.74) is 0.614. The van der Waals surface area contributed by atoms with Crippen LogP contribution >= 0.6 is 0 Å². The van der Waals surface area contributed by atoms with Gasteiger partial charge in [-0.3, -0.25) is 4.79 Å². The Morgan fingerprint density at radius 2 is 2.36 bits per heavy atom. The van der Waals surface area contributed by atoms with E-state index >= 15 is 0 Å². The number of aryl methyl sites for hydroxylation is 1. The molecule has 0 atom stereocenters. The molecule has 74 valence electrons. The minimum absolute atomic E-state index is 0.132. The van der Waals surface area contributed by atoms with Gasteiger partial charge in [-0.15, -0.1) is 0 Å². The Kier molecular flexibility index (Phi) is 3.40. The summed E-state index contributed by atoms with van der Waals surface area (Å²) in [6.45, 7) is 2.39. The van der Waals surface area contributed by atoms with Gasteiger partial charge in [-0.25, -0.2) is 5.90 Å². The SMILES string of the molecule is Cc1ccc(C#N)c(=O)n1CCON. The highest BCUT2D eigenvalue weighted by Crippen LogP contribution is 1.97. The van der Waals surface area contributed by atoms with Gasteiger partial charge in [-0.2, -0.15) is 5.26 Å². The van der Waals surface area contributed by atoms with Crippen LogP contribution in [0.25, 0.3) is 0 Å². The topological polar surface area (TPSA) is 81.0 Å². The van der Waals surface area contributed by atoms with Crippen LogP contribution in [0.15, 0.2) is 16.9 Å². The van der Waals surface area contributed by atoms with E-state index in [0.29, 0.717) is 6.54 Å². The van der Waals surface area contributed by atoms with E-state index in [1.165, 1.54) is 10.6 Å². The highest BCUT2D eigenvalue weighted by atomic mass is 16.6. The van der Waals surface area contributed by atoms with E-state index in [4.69, 9.17) is 11.2 Å². The lowest BCUT2D eigenvalue weighted by atomic mass is 10.2. The minimum Gasteiger partial charge on any atom is -0.309 e. The first-order chi connectivity index (χ1) is 6.70. The molecule has 0 amide bonds. The molecule has 14 heavy (non-hydrogen) atoms. The van der Waals surface area contributed by atoms with Crippen molar-refractivity contribution in [2.45, 2.75) is 13.5 Å². The molecule has 0 aliphatic rings. The molecule has 0 saturated heterocycles. The van der Waals surface area contributed by atoms with Crippen molar-refractivity contribution in [2.75, 3.05) is 6.61 Å². The normalized spacial score (nSPS) is 9.79. The quantitative estimate of drug-likeness (QED) is 0.681. The fourth-order valence-corrected chi connectivity index (χ4v) is 1.18. The standard InChI is InChI=1S/C9H11N3O2/c1-7-2-3-8(6-10)9(13)12(7)4-5-14-11/h2-3H,4-5,11H2,1H3. The number of hydrogen-bond acceptors (Lipinski definition) is 4. The van der Waals surface area contributed by atoms with E-state index in [2.05, 4.69) is 4.84 Å². The van der Waals surface area contributed by atoms with E-state index < -0.39 is 0 Å². The zero-order valence-corrected chi connectivity index (χ0v) is 7.86. The van der Waals surface area contributed by atoms with Crippen LogP contribution in [0.4, 0.5) is 0 Å². The molecule has 0 saturated carbocycles. The highest BCUT2D eigenvalue weighted by Gasteiger charge is 2.04. The Balaban J connectivity index is 3.14. The van der Waals surface area contributed by atoms with E-state index in [1.807, 2.05) is 6.07 Å². The van der Waals surface area contributed by atoms with E-state index in [-0.39, 0.29) is 17.7 Å². The van der Waals surface area contributed by atoms with Crippen molar-refractivity contribution in [3.05, 3.63) is 33.7 Å². The van der Waals surface area contributed by atoms with Gasteiger partial charge in [0.05, 0.1) is 13.2 Å². The lowest BCUT2D eigenvalue weighted by Gasteiger charge is -2.08. The van der Waals surface area contributed by atoms with Crippen molar-refractivity contribution in [3.63, 3.8) is 0 Å². The van der Waals surface area contributed by atoms with Crippen molar-refractivity contribution in [1.82, 2.24) is 4.57 Å². The number of nitrogens with two attached hydrogens (primary N) is 1. The minimum atomic E-state index is -0.301. The lowest BCUT2D eigenvalue weighted by molar-refractivity contribution is 0.128.